The highest BCUT2D eigenvalue weighted by Gasteiger charge is 2.22. The van der Waals surface area contributed by atoms with Crippen molar-refractivity contribution in [3.63, 3.8) is 0 Å². The molecule has 2 amide bonds. The monoisotopic (exact) mass is 318 g/mol. The summed E-state index contributed by atoms with van der Waals surface area (Å²) in [5.74, 6) is 1.02. The summed E-state index contributed by atoms with van der Waals surface area (Å²) in [6.45, 7) is 6.57. The Balaban J connectivity index is 2.10. The lowest BCUT2D eigenvalue weighted by Gasteiger charge is -2.22. The molecule has 0 saturated carbocycles. The van der Waals surface area contributed by atoms with Gasteiger partial charge < -0.3 is 14.5 Å². The van der Waals surface area contributed by atoms with Gasteiger partial charge in [-0.15, -0.1) is 0 Å². The molecule has 0 bridgehead atoms. The molecule has 0 spiro atoms. The third-order valence-corrected chi connectivity index (χ3v) is 4.35. The first-order valence-corrected chi connectivity index (χ1v) is 8.34. The zero-order chi connectivity index (χ0) is 16.8. The molecule has 23 heavy (non-hydrogen) atoms. The molecule has 5 heteroatoms. The van der Waals surface area contributed by atoms with E-state index in [2.05, 4.69) is 0 Å². The van der Waals surface area contributed by atoms with Crippen molar-refractivity contribution in [1.29, 1.82) is 0 Å². The minimum atomic E-state index is 0.0353. The van der Waals surface area contributed by atoms with Gasteiger partial charge in [0.1, 0.15) is 5.75 Å². The molecule has 1 aromatic carbocycles. The summed E-state index contributed by atoms with van der Waals surface area (Å²) in [7, 11) is 1.64. The van der Waals surface area contributed by atoms with Gasteiger partial charge in [-0.3, -0.25) is 9.59 Å². The standard InChI is InChI=1S/C18H26N2O3/c1-4-14-13-15(7-8-16(14)23-3)18(22)20-10-6-9-19(11-12-20)17(21)5-2/h7-8,13H,4-6,9-12H2,1-3H3. The summed E-state index contributed by atoms with van der Waals surface area (Å²) in [4.78, 5) is 28.3. The Morgan fingerprint density at radius 1 is 1.09 bits per heavy atom. The summed E-state index contributed by atoms with van der Waals surface area (Å²) >= 11 is 0. The molecule has 0 radical (unpaired) electrons. The third kappa shape index (κ3) is 4.03. The fourth-order valence-corrected chi connectivity index (χ4v) is 2.96. The zero-order valence-corrected chi connectivity index (χ0v) is 14.3. The number of amides is 2. The Labute approximate surface area is 138 Å². The first-order chi connectivity index (χ1) is 11.1. The van der Waals surface area contributed by atoms with E-state index in [4.69, 9.17) is 4.74 Å². The number of ether oxygens (including phenoxy) is 1. The van der Waals surface area contributed by atoms with Gasteiger partial charge in [0.05, 0.1) is 7.11 Å². The van der Waals surface area contributed by atoms with Crippen LogP contribution in [0.1, 0.15) is 42.6 Å². The number of benzene rings is 1. The van der Waals surface area contributed by atoms with Crippen molar-refractivity contribution in [1.82, 2.24) is 9.80 Å². The minimum absolute atomic E-state index is 0.0353. The van der Waals surface area contributed by atoms with Crippen LogP contribution in [-0.2, 0) is 11.2 Å². The molecule has 126 valence electrons. The maximum Gasteiger partial charge on any atom is 0.253 e. The molecule has 2 rings (SSSR count). The number of aryl methyl sites for hydroxylation is 1. The van der Waals surface area contributed by atoms with Gasteiger partial charge in [0.15, 0.2) is 0 Å². The van der Waals surface area contributed by atoms with E-state index in [9.17, 15) is 9.59 Å². The third-order valence-electron chi connectivity index (χ3n) is 4.35. The second-order valence-corrected chi connectivity index (χ2v) is 5.76. The Bertz CT molecular complexity index is 571. The number of carbonyl (C=O) groups excluding carboxylic acids is 2. The lowest BCUT2D eigenvalue weighted by Crippen LogP contribution is -2.37. The van der Waals surface area contributed by atoms with Gasteiger partial charge in [-0.05, 0) is 36.6 Å². The highest BCUT2D eigenvalue weighted by Crippen LogP contribution is 2.21. The van der Waals surface area contributed by atoms with Crippen LogP contribution in [0.15, 0.2) is 18.2 Å². The Morgan fingerprint density at radius 2 is 1.78 bits per heavy atom. The minimum Gasteiger partial charge on any atom is -0.496 e. The maximum atomic E-state index is 12.7. The predicted octanol–water partition coefficient (Wildman–Crippen LogP) is 2.34. The predicted molar refractivity (Wildman–Crippen MR) is 89.8 cm³/mol. The fourth-order valence-electron chi connectivity index (χ4n) is 2.96. The van der Waals surface area contributed by atoms with E-state index in [0.29, 0.717) is 31.6 Å². The number of methoxy groups -OCH3 is 1. The molecule has 1 saturated heterocycles. The van der Waals surface area contributed by atoms with E-state index >= 15 is 0 Å². The van der Waals surface area contributed by atoms with Gasteiger partial charge in [0, 0.05) is 38.2 Å². The van der Waals surface area contributed by atoms with Crippen LogP contribution in [0.5, 0.6) is 5.75 Å². The molecule has 1 aliphatic rings. The molecule has 0 aliphatic carbocycles. The van der Waals surface area contributed by atoms with E-state index in [1.165, 1.54) is 0 Å². The molecule has 1 aliphatic heterocycles. The van der Waals surface area contributed by atoms with Crippen LogP contribution < -0.4 is 4.74 Å². The quantitative estimate of drug-likeness (QED) is 0.856. The molecule has 0 N–H and O–H groups in total. The molecule has 5 nitrogen and oxygen atoms in total. The molecule has 1 fully saturated rings. The topological polar surface area (TPSA) is 49.9 Å². The summed E-state index contributed by atoms with van der Waals surface area (Å²) in [6, 6.07) is 5.60. The molecule has 1 aromatic rings. The van der Waals surface area contributed by atoms with Crippen LogP contribution in [-0.4, -0.2) is 54.9 Å². The van der Waals surface area contributed by atoms with Crippen molar-refractivity contribution < 1.29 is 14.3 Å². The van der Waals surface area contributed by atoms with Crippen LogP contribution in [0.25, 0.3) is 0 Å². The van der Waals surface area contributed by atoms with Crippen LogP contribution in [0, 0.1) is 0 Å². The van der Waals surface area contributed by atoms with Crippen molar-refractivity contribution in [3.8, 4) is 5.75 Å². The van der Waals surface area contributed by atoms with Crippen LogP contribution >= 0.6 is 0 Å². The second-order valence-electron chi connectivity index (χ2n) is 5.76. The smallest absolute Gasteiger partial charge is 0.253 e. The van der Waals surface area contributed by atoms with E-state index < -0.39 is 0 Å². The van der Waals surface area contributed by atoms with Gasteiger partial charge in [-0.25, -0.2) is 0 Å². The van der Waals surface area contributed by atoms with Crippen LogP contribution in [0.4, 0.5) is 0 Å². The number of hydrogen-bond acceptors (Lipinski definition) is 3. The summed E-state index contributed by atoms with van der Waals surface area (Å²) < 4.78 is 5.32. The van der Waals surface area contributed by atoms with Crippen LogP contribution in [0.2, 0.25) is 0 Å². The van der Waals surface area contributed by atoms with Gasteiger partial charge in [0.2, 0.25) is 5.91 Å². The van der Waals surface area contributed by atoms with Crippen molar-refractivity contribution in [2.75, 3.05) is 33.3 Å². The van der Waals surface area contributed by atoms with Crippen LogP contribution in [0.3, 0.4) is 0 Å². The van der Waals surface area contributed by atoms with E-state index in [0.717, 1.165) is 30.7 Å². The van der Waals surface area contributed by atoms with E-state index in [1.807, 2.05) is 41.8 Å². The maximum absolute atomic E-state index is 12.7. The zero-order valence-electron chi connectivity index (χ0n) is 14.3. The highest BCUT2D eigenvalue weighted by molar-refractivity contribution is 5.94. The lowest BCUT2D eigenvalue weighted by atomic mass is 10.1. The first kappa shape index (κ1) is 17.3. The largest absolute Gasteiger partial charge is 0.496 e. The van der Waals surface area contributed by atoms with Gasteiger partial charge >= 0.3 is 0 Å². The Kier molecular flexibility index (Phi) is 6.02. The summed E-state index contributed by atoms with van der Waals surface area (Å²) in [5.41, 5.74) is 1.73. The molecular weight excluding hydrogens is 292 g/mol. The van der Waals surface area contributed by atoms with Gasteiger partial charge in [0.25, 0.3) is 5.91 Å². The Hall–Kier alpha value is -2.04. The molecular formula is C18H26N2O3. The summed E-state index contributed by atoms with van der Waals surface area (Å²) in [5, 5.41) is 0. The van der Waals surface area contributed by atoms with E-state index in [-0.39, 0.29) is 11.8 Å². The molecule has 1 heterocycles. The Morgan fingerprint density at radius 3 is 2.43 bits per heavy atom. The van der Waals surface area contributed by atoms with Crippen molar-refractivity contribution in [2.24, 2.45) is 0 Å². The number of carbonyl (C=O) groups is 2. The normalized spacial score (nSPS) is 15.3. The van der Waals surface area contributed by atoms with E-state index in [1.54, 1.807) is 7.11 Å². The fraction of sp³-hybridized carbons (Fsp3) is 0.556. The van der Waals surface area contributed by atoms with Gasteiger partial charge in [-0.1, -0.05) is 13.8 Å². The van der Waals surface area contributed by atoms with Crippen molar-refractivity contribution >= 4 is 11.8 Å². The molecule has 0 atom stereocenters. The first-order valence-electron chi connectivity index (χ1n) is 8.34. The SMILES string of the molecule is CCC(=O)N1CCCN(C(=O)c2ccc(OC)c(CC)c2)CC1. The number of nitrogens with zero attached hydrogens (tertiary/aromatic N) is 2. The average molecular weight is 318 g/mol. The summed E-state index contributed by atoms with van der Waals surface area (Å²) in [6.07, 6.45) is 2.17. The van der Waals surface area contributed by atoms with Crippen molar-refractivity contribution in [3.05, 3.63) is 29.3 Å². The van der Waals surface area contributed by atoms with Gasteiger partial charge in [-0.2, -0.15) is 0 Å². The van der Waals surface area contributed by atoms with Crippen molar-refractivity contribution in [2.45, 2.75) is 33.1 Å². The number of rotatable bonds is 4. The lowest BCUT2D eigenvalue weighted by molar-refractivity contribution is -0.130. The number of hydrogen-bond donors (Lipinski definition) is 0. The molecule has 0 unspecified atom stereocenters. The molecule has 0 aromatic heterocycles. The average Bonchev–Trinajstić information content (AvgIpc) is 2.85. The second kappa shape index (κ2) is 7.99. The highest BCUT2D eigenvalue weighted by atomic mass is 16.5.